The van der Waals surface area contributed by atoms with Gasteiger partial charge in [0.2, 0.25) is 5.76 Å². The summed E-state index contributed by atoms with van der Waals surface area (Å²) < 4.78 is 22.9. The molecule has 1 N–H and O–H groups in total. The summed E-state index contributed by atoms with van der Waals surface area (Å²) in [6, 6.07) is 10.7. The Kier molecular flexibility index (Phi) is 4.20. The van der Waals surface area contributed by atoms with Gasteiger partial charge in [-0.15, -0.1) is 0 Å². The highest BCUT2D eigenvalue weighted by atomic mass is 19.1. The molecule has 2 aromatic heterocycles. The van der Waals surface area contributed by atoms with Crippen molar-refractivity contribution in [3.63, 3.8) is 0 Å². The van der Waals surface area contributed by atoms with E-state index in [-0.39, 0.29) is 18.1 Å². The van der Waals surface area contributed by atoms with Gasteiger partial charge >= 0.3 is 0 Å². The van der Waals surface area contributed by atoms with E-state index in [0.717, 1.165) is 0 Å². The van der Waals surface area contributed by atoms with Gasteiger partial charge in [0.15, 0.2) is 11.5 Å². The summed E-state index contributed by atoms with van der Waals surface area (Å²) in [5.74, 6) is 5.74. The maximum atomic E-state index is 12.7. The first-order chi connectivity index (χ1) is 11.2. The van der Waals surface area contributed by atoms with Gasteiger partial charge in [-0.3, -0.25) is 4.79 Å². The predicted octanol–water partition coefficient (Wildman–Crippen LogP) is 2.86. The number of hydrogen-bond acceptors (Lipinski definition) is 4. The van der Waals surface area contributed by atoms with Crippen molar-refractivity contribution in [2.24, 2.45) is 0 Å². The summed E-state index contributed by atoms with van der Waals surface area (Å²) in [4.78, 5) is 11.9. The van der Waals surface area contributed by atoms with Crippen LogP contribution in [0.4, 0.5) is 4.39 Å². The van der Waals surface area contributed by atoms with E-state index in [4.69, 9.17) is 8.94 Å². The van der Waals surface area contributed by atoms with Crippen molar-refractivity contribution < 1.29 is 18.1 Å². The molecule has 0 spiro atoms. The Morgan fingerprint density at radius 1 is 1.22 bits per heavy atom. The number of nitrogens with one attached hydrogen (secondary N) is 1. The molecule has 0 unspecified atom stereocenters. The fourth-order valence-corrected chi connectivity index (χ4v) is 1.81. The highest BCUT2D eigenvalue weighted by Gasteiger charge is 2.14. The molecule has 0 fully saturated rings. The van der Waals surface area contributed by atoms with E-state index in [2.05, 4.69) is 22.3 Å². The van der Waals surface area contributed by atoms with Crippen LogP contribution in [-0.2, 0) is 0 Å². The molecule has 23 heavy (non-hydrogen) atoms. The molecule has 0 saturated heterocycles. The third-order valence-corrected chi connectivity index (χ3v) is 2.92. The van der Waals surface area contributed by atoms with E-state index in [9.17, 15) is 9.18 Å². The van der Waals surface area contributed by atoms with Crippen LogP contribution in [0.25, 0.3) is 11.5 Å². The maximum absolute atomic E-state index is 12.7. The van der Waals surface area contributed by atoms with Crippen molar-refractivity contribution in [3.8, 4) is 23.4 Å². The molecule has 0 aliphatic rings. The lowest BCUT2D eigenvalue weighted by Crippen LogP contribution is -2.23. The lowest BCUT2D eigenvalue weighted by molar-refractivity contribution is 0.0949. The molecular weight excluding hydrogens is 299 g/mol. The number of rotatable bonds is 3. The normalized spacial score (nSPS) is 9.96. The van der Waals surface area contributed by atoms with E-state index in [1.807, 2.05) is 0 Å². The monoisotopic (exact) mass is 310 g/mol. The van der Waals surface area contributed by atoms with Gasteiger partial charge < -0.3 is 14.3 Å². The Labute approximate surface area is 131 Å². The topological polar surface area (TPSA) is 68.3 Å². The zero-order valence-corrected chi connectivity index (χ0v) is 11.9. The van der Waals surface area contributed by atoms with Crippen LogP contribution in [0.1, 0.15) is 16.1 Å². The van der Waals surface area contributed by atoms with E-state index in [0.29, 0.717) is 17.1 Å². The summed E-state index contributed by atoms with van der Waals surface area (Å²) in [6.07, 6.45) is 1.50. The number of nitrogens with zero attached hydrogens (tertiary/aromatic N) is 1. The Morgan fingerprint density at radius 3 is 2.78 bits per heavy atom. The van der Waals surface area contributed by atoms with Crippen LogP contribution >= 0.6 is 0 Å². The number of amides is 1. The van der Waals surface area contributed by atoms with Crippen LogP contribution < -0.4 is 5.32 Å². The summed E-state index contributed by atoms with van der Waals surface area (Å²) >= 11 is 0. The molecule has 0 aliphatic carbocycles. The number of carbonyl (C=O) groups is 1. The molecule has 2 heterocycles. The zero-order valence-electron chi connectivity index (χ0n) is 11.9. The van der Waals surface area contributed by atoms with Crippen LogP contribution in [-0.4, -0.2) is 17.6 Å². The molecule has 3 aromatic rings. The molecule has 0 radical (unpaired) electrons. The average Bonchev–Trinajstić information content (AvgIpc) is 3.23. The van der Waals surface area contributed by atoms with Gasteiger partial charge in [0, 0.05) is 11.6 Å². The first-order valence-corrected chi connectivity index (χ1v) is 6.75. The Morgan fingerprint density at radius 2 is 2.04 bits per heavy atom. The standard InChI is InChI=1S/C17H11FN2O3/c18-13-7-5-12(6-8-13)3-1-9-19-17(21)14-11-16(23-20-14)15-4-2-10-22-15/h2,4-8,10-11H,9H2,(H,19,21). The van der Waals surface area contributed by atoms with Gasteiger partial charge in [-0.05, 0) is 36.4 Å². The second kappa shape index (κ2) is 6.62. The summed E-state index contributed by atoms with van der Waals surface area (Å²) in [5.41, 5.74) is 0.808. The number of benzene rings is 1. The minimum atomic E-state index is -0.403. The van der Waals surface area contributed by atoms with Crippen molar-refractivity contribution in [2.75, 3.05) is 6.54 Å². The number of carbonyl (C=O) groups excluding carboxylic acids is 1. The number of aromatic nitrogens is 1. The van der Waals surface area contributed by atoms with E-state index >= 15 is 0 Å². The van der Waals surface area contributed by atoms with Crippen LogP contribution in [0, 0.1) is 17.7 Å². The van der Waals surface area contributed by atoms with Gasteiger partial charge in [-0.2, -0.15) is 0 Å². The van der Waals surface area contributed by atoms with Gasteiger partial charge in [0.1, 0.15) is 5.82 Å². The molecule has 0 bridgehead atoms. The summed E-state index contributed by atoms with van der Waals surface area (Å²) in [7, 11) is 0. The molecule has 114 valence electrons. The minimum absolute atomic E-state index is 0.138. The molecule has 0 aliphatic heterocycles. The molecule has 0 atom stereocenters. The van der Waals surface area contributed by atoms with Crippen LogP contribution in [0.5, 0.6) is 0 Å². The molecule has 5 nitrogen and oxygen atoms in total. The average molecular weight is 310 g/mol. The number of halogens is 1. The second-order valence-electron chi connectivity index (χ2n) is 4.55. The lowest BCUT2D eigenvalue weighted by Gasteiger charge is -1.95. The van der Waals surface area contributed by atoms with Gasteiger partial charge in [0.05, 0.1) is 12.8 Å². The predicted molar refractivity (Wildman–Crippen MR) is 79.8 cm³/mol. The fraction of sp³-hybridized carbons (Fsp3) is 0.0588. The summed E-state index contributed by atoms with van der Waals surface area (Å²) in [6.45, 7) is 0.138. The Balaban J connectivity index is 1.57. The first-order valence-electron chi connectivity index (χ1n) is 6.75. The van der Waals surface area contributed by atoms with Crippen molar-refractivity contribution >= 4 is 5.91 Å². The Hall–Kier alpha value is -3.33. The zero-order chi connectivity index (χ0) is 16.1. The maximum Gasteiger partial charge on any atom is 0.274 e. The van der Waals surface area contributed by atoms with Crippen molar-refractivity contribution in [1.29, 1.82) is 0 Å². The first kappa shape index (κ1) is 14.6. The molecule has 6 heteroatoms. The van der Waals surface area contributed by atoms with E-state index in [1.54, 1.807) is 24.3 Å². The second-order valence-corrected chi connectivity index (χ2v) is 4.55. The van der Waals surface area contributed by atoms with Crippen LogP contribution in [0.15, 0.2) is 57.7 Å². The van der Waals surface area contributed by atoms with Gasteiger partial charge in [-0.25, -0.2) is 4.39 Å². The van der Waals surface area contributed by atoms with Crippen molar-refractivity contribution in [1.82, 2.24) is 10.5 Å². The van der Waals surface area contributed by atoms with Crippen LogP contribution in [0.3, 0.4) is 0 Å². The number of hydrogen-bond donors (Lipinski definition) is 1. The summed E-state index contributed by atoms with van der Waals surface area (Å²) in [5, 5.41) is 6.28. The fourth-order valence-electron chi connectivity index (χ4n) is 1.81. The largest absolute Gasteiger partial charge is 0.461 e. The van der Waals surface area contributed by atoms with Crippen molar-refractivity contribution in [3.05, 3.63) is 65.8 Å². The molecular formula is C17H11FN2O3. The molecule has 1 aromatic carbocycles. The highest BCUT2D eigenvalue weighted by Crippen LogP contribution is 2.20. The third-order valence-electron chi connectivity index (χ3n) is 2.92. The SMILES string of the molecule is O=C(NCC#Cc1ccc(F)cc1)c1cc(-c2ccco2)on1. The minimum Gasteiger partial charge on any atom is -0.461 e. The highest BCUT2D eigenvalue weighted by molar-refractivity contribution is 5.93. The quantitative estimate of drug-likeness (QED) is 0.755. The third kappa shape index (κ3) is 3.66. The number of furan rings is 1. The molecule has 1 amide bonds. The lowest BCUT2D eigenvalue weighted by atomic mass is 10.2. The molecule has 3 rings (SSSR count). The smallest absolute Gasteiger partial charge is 0.274 e. The van der Waals surface area contributed by atoms with E-state index in [1.165, 1.54) is 24.5 Å². The van der Waals surface area contributed by atoms with Crippen LogP contribution in [0.2, 0.25) is 0 Å². The van der Waals surface area contributed by atoms with E-state index < -0.39 is 5.91 Å². The van der Waals surface area contributed by atoms with Crippen molar-refractivity contribution in [2.45, 2.75) is 0 Å². The van der Waals surface area contributed by atoms with Gasteiger partial charge in [-0.1, -0.05) is 17.0 Å². The molecule has 0 saturated carbocycles. The van der Waals surface area contributed by atoms with Gasteiger partial charge in [0.25, 0.3) is 5.91 Å². The Bertz CT molecular complexity index is 855.